The van der Waals surface area contributed by atoms with Crippen LogP contribution in [0.4, 0.5) is 0 Å². The zero-order valence-corrected chi connectivity index (χ0v) is 13.5. The molecule has 6 nitrogen and oxygen atoms in total. The van der Waals surface area contributed by atoms with E-state index in [4.69, 9.17) is 15.3 Å². The Bertz CT molecular complexity index is 508. The van der Waals surface area contributed by atoms with E-state index in [1.54, 1.807) is 21.0 Å². The number of benzene rings is 1. The Morgan fingerprint density at radius 1 is 1.32 bits per heavy atom. The average Bonchev–Trinajstić information content (AvgIpc) is 2.92. The molecule has 0 unspecified atom stereocenters. The van der Waals surface area contributed by atoms with Gasteiger partial charge in [0.05, 0.1) is 12.6 Å². The third-order valence-corrected chi connectivity index (χ3v) is 3.80. The van der Waals surface area contributed by atoms with Crippen LogP contribution in [0.25, 0.3) is 0 Å². The lowest BCUT2D eigenvalue weighted by molar-refractivity contribution is -0.567. The van der Waals surface area contributed by atoms with Crippen LogP contribution in [-0.4, -0.2) is 30.2 Å². The van der Waals surface area contributed by atoms with Gasteiger partial charge in [0.15, 0.2) is 5.28 Å². The summed E-state index contributed by atoms with van der Waals surface area (Å²) in [5, 5.41) is 15.2. The van der Waals surface area contributed by atoms with Crippen LogP contribution in [0.3, 0.4) is 0 Å². The highest BCUT2D eigenvalue weighted by atomic mass is 16.7. The minimum Gasteiger partial charge on any atom is -0.597 e. The first-order chi connectivity index (χ1) is 10.4. The van der Waals surface area contributed by atoms with E-state index in [0.29, 0.717) is 10.8 Å². The van der Waals surface area contributed by atoms with Crippen molar-refractivity contribution in [2.75, 3.05) is 13.7 Å². The van der Waals surface area contributed by atoms with Crippen molar-refractivity contribution in [3.05, 3.63) is 35.0 Å². The van der Waals surface area contributed by atoms with E-state index in [1.807, 2.05) is 12.1 Å². The van der Waals surface area contributed by atoms with Gasteiger partial charge >= 0.3 is 0 Å². The summed E-state index contributed by atoms with van der Waals surface area (Å²) >= 11 is 0. The Labute approximate surface area is 131 Å². The first kappa shape index (κ1) is 16.5. The van der Waals surface area contributed by atoms with Gasteiger partial charge in [0.1, 0.15) is 11.9 Å². The molecule has 1 aliphatic carbocycles. The molecule has 0 aromatic heterocycles. The SMILES string of the molecule is COc1ccc([C@@H]2CC[C@H](O/N=[N+](\[O-])CC(C)(C)N)C2)cc1. The summed E-state index contributed by atoms with van der Waals surface area (Å²) in [5.41, 5.74) is 6.46. The van der Waals surface area contributed by atoms with E-state index in [2.05, 4.69) is 17.4 Å². The fourth-order valence-electron chi connectivity index (χ4n) is 2.71. The molecule has 1 aliphatic rings. The number of methoxy groups -OCH3 is 1. The van der Waals surface area contributed by atoms with Crippen LogP contribution >= 0.6 is 0 Å². The van der Waals surface area contributed by atoms with Crippen LogP contribution in [-0.2, 0) is 4.84 Å². The molecule has 6 heteroatoms. The summed E-state index contributed by atoms with van der Waals surface area (Å²) in [6.45, 7) is 3.67. The predicted octanol–water partition coefficient (Wildman–Crippen LogP) is 2.96. The first-order valence-electron chi connectivity index (χ1n) is 7.61. The van der Waals surface area contributed by atoms with Crippen molar-refractivity contribution >= 4 is 0 Å². The largest absolute Gasteiger partial charge is 0.597 e. The van der Waals surface area contributed by atoms with E-state index in [1.165, 1.54) is 5.56 Å². The minimum atomic E-state index is -0.587. The highest BCUT2D eigenvalue weighted by Gasteiger charge is 2.28. The molecule has 2 atom stereocenters. The second kappa shape index (κ2) is 6.96. The van der Waals surface area contributed by atoms with Gasteiger partial charge in [-0.25, -0.2) is 0 Å². The highest BCUT2D eigenvalue weighted by Crippen LogP contribution is 2.36. The summed E-state index contributed by atoms with van der Waals surface area (Å²) in [6.07, 6.45) is 2.80. The molecule has 2 rings (SSSR count). The molecule has 22 heavy (non-hydrogen) atoms. The second-order valence-electron chi connectivity index (χ2n) is 6.59. The van der Waals surface area contributed by atoms with E-state index < -0.39 is 5.54 Å². The smallest absolute Gasteiger partial charge is 0.201 e. The van der Waals surface area contributed by atoms with Crippen molar-refractivity contribution in [2.45, 2.75) is 50.7 Å². The van der Waals surface area contributed by atoms with Gasteiger partial charge in [0.25, 0.3) is 0 Å². The molecule has 0 heterocycles. The van der Waals surface area contributed by atoms with Crippen LogP contribution in [0.5, 0.6) is 5.75 Å². The average molecular weight is 307 g/mol. The molecule has 0 bridgehead atoms. The van der Waals surface area contributed by atoms with Gasteiger partial charge in [0.2, 0.25) is 6.54 Å². The summed E-state index contributed by atoms with van der Waals surface area (Å²) < 4.78 is 5.17. The molecular formula is C16H25N3O3. The van der Waals surface area contributed by atoms with E-state index in [9.17, 15) is 5.21 Å². The summed E-state index contributed by atoms with van der Waals surface area (Å²) in [5.74, 6) is 1.30. The molecule has 1 aromatic rings. The zero-order chi connectivity index (χ0) is 16.2. The molecular weight excluding hydrogens is 282 g/mol. The fourth-order valence-corrected chi connectivity index (χ4v) is 2.71. The minimum absolute atomic E-state index is 0.00978. The van der Waals surface area contributed by atoms with E-state index in [-0.39, 0.29) is 12.6 Å². The van der Waals surface area contributed by atoms with Gasteiger partial charge in [-0.1, -0.05) is 17.0 Å². The number of hydrogen-bond donors (Lipinski definition) is 1. The Kier molecular flexibility index (Phi) is 5.24. The monoisotopic (exact) mass is 307 g/mol. The molecule has 0 amide bonds. The highest BCUT2D eigenvalue weighted by molar-refractivity contribution is 5.29. The van der Waals surface area contributed by atoms with Crippen molar-refractivity contribution < 1.29 is 14.4 Å². The number of nitrogens with two attached hydrogens (primary N) is 1. The Hall–Kier alpha value is -1.82. The molecule has 1 saturated carbocycles. The normalized spacial score (nSPS) is 22.6. The van der Waals surface area contributed by atoms with Crippen molar-refractivity contribution in [3.8, 4) is 5.75 Å². The topological polar surface area (TPSA) is 82.9 Å². The van der Waals surface area contributed by atoms with Crippen LogP contribution in [0.2, 0.25) is 0 Å². The Morgan fingerprint density at radius 2 is 2.00 bits per heavy atom. The molecule has 0 spiro atoms. The third kappa shape index (κ3) is 4.87. The summed E-state index contributed by atoms with van der Waals surface area (Å²) in [4.78, 5) is 5.89. The Morgan fingerprint density at radius 3 is 2.59 bits per heavy atom. The molecule has 122 valence electrons. The van der Waals surface area contributed by atoms with Crippen molar-refractivity contribution in [2.24, 2.45) is 11.0 Å². The lowest BCUT2D eigenvalue weighted by Gasteiger charge is -2.15. The van der Waals surface area contributed by atoms with Gasteiger partial charge in [-0.2, -0.15) is 0 Å². The maximum absolute atomic E-state index is 11.6. The second-order valence-corrected chi connectivity index (χ2v) is 6.59. The number of nitrogens with zero attached hydrogens (tertiary/aromatic N) is 2. The van der Waals surface area contributed by atoms with Crippen LogP contribution in [0, 0.1) is 5.21 Å². The number of rotatable bonds is 6. The quantitative estimate of drug-likeness (QED) is 0.497. The van der Waals surface area contributed by atoms with Gasteiger partial charge < -0.3 is 20.5 Å². The number of hydroxylamine groups is 1. The van der Waals surface area contributed by atoms with E-state index in [0.717, 1.165) is 25.0 Å². The van der Waals surface area contributed by atoms with Gasteiger partial charge in [0, 0.05) is 0 Å². The molecule has 1 fully saturated rings. The lowest BCUT2D eigenvalue weighted by atomic mass is 9.98. The fraction of sp³-hybridized carbons (Fsp3) is 0.625. The number of hydrogen-bond acceptors (Lipinski definition) is 5. The van der Waals surface area contributed by atoms with Gasteiger partial charge in [-0.3, -0.25) is 0 Å². The van der Waals surface area contributed by atoms with Crippen molar-refractivity contribution in [1.82, 2.24) is 0 Å². The third-order valence-electron chi connectivity index (χ3n) is 3.80. The molecule has 2 N–H and O–H groups in total. The standard InChI is InChI=1S/C16H25N3O3/c1-16(2,17)11-19(20)18-22-15-9-6-13(10-15)12-4-7-14(21-3)8-5-12/h4-5,7-8,13,15H,6,9-11,17H2,1-3H3/b19-18-/t13-,15+/m1/s1. The van der Waals surface area contributed by atoms with Crippen LogP contribution < -0.4 is 10.5 Å². The zero-order valence-electron chi connectivity index (χ0n) is 13.5. The van der Waals surface area contributed by atoms with Crippen LogP contribution in [0.15, 0.2) is 29.5 Å². The van der Waals surface area contributed by atoms with Crippen molar-refractivity contribution in [1.29, 1.82) is 0 Å². The number of ether oxygens (including phenoxy) is 1. The first-order valence-corrected chi connectivity index (χ1v) is 7.61. The van der Waals surface area contributed by atoms with E-state index >= 15 is 0 Å². The van der Waals surface area contributed by atoms with Gasteiger partial charge in [-0.05, 0) is 56.7 Å². The van der Waals surface area contributed by atoms with Gasteiger partial charge in [-0.15, -0.1) is 0 Å². The predicted molar refractivity (Wildman–Crippen MR) is 83.6 cm³/mol. The van der Waals surface area contributed by atoms with Crippen molar-refractivity contribution in [3.63, 3.8) is 0 Å². The maximum atomic E-state index is 11.6. The summed E-state index contributed by atoms with van der Waals surface area (Å²) in [6, 6.07) is 8.10. The molecule has 0 saturated heterocycles. The van der Waals surface area contributed by atoms with Crippen LogP contribution in [0.1, 0.15) is 44.6 Å². The lowest BCUT2D eigenvalue weighted by Crippen LogP contribution is -2.40. The molecule has 0 aliphatic heterocycles. The maximum Gasteiger partial charge on any atom is 0.201 e. The summed E-state index contributed by atoms with van der Waals surface area (Å²) in [7, 11) is 1.66. The molecule has 1 aromatic carbocycles. The Balaban J connectivity index is 1.86. The molecule has 0 radical (unpaired) electrons.